The minimum atomic E-state index is -0.202. The predicted molar refractivity (Wildman–Crippen MR) is 93.3 cm³/mol. The zero-order valence-corrected chi connectivity index (χ0v) is 14.3. The average molecular weight is 333 g/mol. The molecular formula is C17H21ClN4O. The normalized spacial score (nSPS) is 10.7. The summed E-state index contributed by atoms with van der Waals surface area (Å²) in [5, 5.41) is 14.7. The Kier molecular flexibility index (Phi) is 5.93. The molecule has 1 aromatic heterocycles. The van der Waals surface area contributed by atoms with Crippen molar-refractivity contribution in [3.05, 3.63) is 46.6 Å². The first-order valence-electron chi connectivity index (χ1n) is 7.61. The minimum Gasteiger partial charge on any atom is -0.351 e. The van der Waals surface area contributed by atoms with Crippen LogP contribution in [0.1, 0.15) is 36.3 Å². The van der Waals surface area contributed by atoms with Gasteiger partial charge in [-0.2, -0.15) is 0 Å². The van der Waals surface area contributed by atoms with Crippen molar-refractivity contribution >= 4 is 29.0 Å². The molecule has 0 bridgehead atoms. The Morgan fingerprint density at radius 3 is 2.61 bits per heavy atom. The van der Waals surface area contributed by atoms with Crippen molar-refractivity contribution in [1.29, 1.82) is 0 Å². The highest BCUT2D eigenvalue weighted by Crippen LogP contribution is 2.22. The van der Waals surface area contributed by atoms with Crippen molar-refractivity contribution in [2.75, 3.05) is 11.9 Å². The standard InChI is InChI=1S/C17H21ClN4O/c1-11(2)8-9-19-17(23)15-6-7-16(22-21-15)20-14-5-4-13(18)10-12(14)3/h4-7,10-11H,8-9H2,1-3H3,(H,19,23)(H,20,22). The molecule has 1 amide bonds. The molecular weight excluding hydrogens is 312 g/mol. The lowest BCUT2D eigenvalue weighted by Crippen LogP contribution is -2.26. The van der Waals surface area contributed by atoms with E-state index in [1.807, 2.05) is 19.1 Å². The molecule has 2 N–H and O–H groups in total. The molecule has 0 aliphatic heterocycles. The van der Waals surface area contributed by atoms with Crippen LogP contribution in [0.3, 0.4) is 0 Å². The van der Waals surface area contributed by atoms with E-state index in [2.05, 4.69) is 34.7 Å². The van der Waals surface area contributed by atoms with E-state index in [0.29, 0.717) is 29.0 Å². The summed E-state index contributed by atoms with van der Waals surface area (Å²) < 4.78 is 0. The van der Waals surface area contributed by atoms with E-state index in [0.717, 1.165) is 17.7 Å². The third kappa shape index (κ3) is 5.21. The Morgan fingerprint density at radius 1 is 1.22 bits per heavy atom. The summed E-state index contributed by atoms with van der Waals surface area (Å²) in [6.45, 7) is 6.83. The van der Waals surface area contributed by atoms with Gasteiger partial charge in [-0.25, -0.2) is 0 Å². The molecule has 5 nitrogen and oxygen atoms in total. The molecule has 0 atom stereocenters. The number of aromatic nitrogens is 2. The number of benzene rings is 1. The van der Waals surface area contributed by atoms with E-state index in [1.165, 1.54) is 0 Å². The van der Waals surface area contributed by atoms with Crippen LogP contribution in [-0.2, 0) is 0 Å². The summed E-state index contributed by atoms with van der Waals surface area (Å²) in [5.74, 6) is 0.928. The number of carbonyl (C=O) groups is 1. The monoisotopic (exact) mass is 332 g/mol. The molecule has 0 saturated heterocycles. The van der Waals surface area contributed by atoms with Gasteiger partial charge in [0, 0.05) is 17.3 Å². The fourth-order valence-corrected chi connectivity index (χ4v) is 2.22. The van der Waals surface area contributed by atoms with Gasteiger partial charge in [-0.05, 0) is 55.2 Å². The van der Waals surface area contributed by atoms with E-state index >= 15 is 0 Å². The number of aryl methyl sites for hydroxylation is 1. The average Bonchev–Trinajstić information content (AvgIpc) is 2.50. The van der Waals surface area contributed by atoms with Gasteiger partial charge < -0.3 is 10.6 Å². The van der Waals surface area contributed by atoms with Crippen LogP contribution in [0.5, 0.6) is 0 Å². The second kappa shape index (κ2) is 7.92. The van der Waals surface area contributed by atoms with E-state index in [-0.39, 0.29) is 5.91 Å². The summed E-state index contributed by atoms with van der Waals surface area (Å²) in [4.78, 5) is 11.9. The van der Waals surface area contributed by atoms with Crippen LogP contribution < -0.4 is 10.6 Å². The van der Waals surface area contributed by atoms with E-state index in [4.69, 9.17) is 11.6 Å². The van der Waals surface area contributed by atoms with Crippen LogP contribution in [0.15, 0.2) is 30.3 Å². The lowest BCUT2D eigenvalue weighted by molar-refractivity contribution is 0.0946. The van der Waals surface area contributed by atoms with Gasteiger partial charge in [-0.3, -0.25) is 4.79 Å². The number of amides is 1. The maximum atomic E-state index is 11.9. The third-order valence-corrected chi connectivity index (χ3v) is 3.59. The lowest BCUT2D eigenvalue weighted by Gasteiger charge is -2.09. The molecule has 2 rings (SSSR count). The molecule has 0 unspecified atom stereocenters. The van der Waals surface area contributed by atoms with Gasteiger partial charge in [0.25, 0.3) is 5.91 Å². The van der Waals surface area contributed by atoms with Crippen LogP contribution in [-0.4, -0.2) is 22.6 Å². The topological polar surface area (TPSA) is 66.9 Å². The summed E-state index contributed by atoms with van der Waals surface area (Å²) in [7, 11) is 0. The first-order valence-corrected chi connectivity index (χ1v) is 7.98. The van der Waals surface area contributed by atoms with Gasteiger partial charge in [0.1, 0.15) is 0 Å². The highest BCUT2D eigenvalue weighted by Gasteiger charge is 2.08. The van der Waals surface area contributed by atoms with Crippen LogP contribution >= 0.6 is 11.6 Å². The number of nitrogens with zero attached hydrogens (tertiary/aromatic N) is 2. The fourth-order valence-electron chi connectivity index (χ4n) is 1.99. The number of anilines is 2. The number of hydrogen-bond acceptors (Lipinski definition) is 4. The van der Waals surface area contributed by atoms with Gasteiger partial charge in [0.05, 0.1) is 0 Å². The molecule has 2 aromatic rings. The van der Waals surface area contributed by atoms with Crippen molar-refractivity contribution in [3.8, 4) is 0 Å². The molecule has 0 spiro atoms. The highest BCUT2D eigenvalue weighted by molar-refractivity contribution is 6.30. The van der Waals surface area contributed by atoms with Crippen LogP contribution in [0, 0.1) is 12.8 Å². The Bertz CT molecular complexity index is 671. The lowest BCUT2D eigenvalue weighted by atomic mass is 10.1. The molecule has 1 heterocycles. The SMILES string of the molecule is Cc1cc(Cl)ccc1Nc1ccc(C(=O)NCCC(C)C)nn1. The van der Waals surface area contributed by atoms with Crippen LogP contribution in [0.25, 0.3) is 0 Å². The number of nitrogens with one attached hydrogen (secondary N) is 2. The van der Waals surface area contributed by atoms with Crippen LogP contribution in [0.4, 0.5) is 11.5 Å². The van der Waals surface area contributed by atoms with E-state index in [1.54, 1.807) is 18.2 Å². The number of halogens is 1. The second-order valence-corrected chi connectivity index (χ2v) is 6.26. The van der Waals surface area contributed by atoms with E-state index < -0.39 is 0 Å². The summed E-state index contributed by atoms with van der Waals surface area (Å²) in [6, 6.07) is 8.95. The molecule has 23 heavy (non-hydrogen) atoms. The summed E-state index contributed by atoms with van der Waals surface area (Å²) >= 11 is 5.94. The number of hydrogen-bond donors (Lipinski definition) is 2. The Labute approximate surface area is 141 Å². The minimum absolute atomic E-state index is 0.202. The van der Waals surface area contributed by atoms with Gasteiger partial charge in [-0.15, -0.1) is 10.2 Å². The smallest absolute Gasteiger partial charge is 0.271 e. The molecule has 0 radical (unpaired) electrons. The van der Waals surface area contributed by atoms with Crippen molar-refractivity contribution in [1.82, 2.24) is 15.5 Å². The maximum Gasteiger partial charge on any atom is 0.271 e. The number of rotatable bonds is 6. The van der Waals surface area contributed by atoms with E-state index in [9.17, 15) is 4.79 Å². The Balaban J connectivity index is 1.97. The van der Waals surface area contributed by atoms with Gasteiger partial charge in [0.2, 0.25) is 0 Å². The van der Waals surface area contributed by atoms with Crippen molar-refractivity contribution in [3.63, 3.8) is 0 Å². The Hall–Kier alpha value is -2.14. The first kappa shape index (κ1) is 17.2. The van der Waals surface area contributed by atoms with Crippen LogP contribution in [0.2, 0.25) is 5.02 Å². The summed E-state index contributed by atoms with van der Waals surface area (Å²) in [6.07, 6.45) is 0.939. The number of carbonyl (C=O) groups excluding carboxylic acids is 1. The Morgan fingerprint density at radius 2 is 2.00 bits per heavy atom. The zero-order valence-electron chi connectivity index (χ0n) is 13.6. The molecule has 0 aliphatic rings. The van der Waals surface area contributed by atoms with Crippen molar-refractivity contribution in [2.45, 2.75) is 27.2 Å². The highest BCUT2D eigenvalue weighted by atomic mass is 35.5. The van der Waals surface area contributed by atoms with Gasteiger partial charge in [0.15, 0.2) is 11.5 Å². The molecule has 0 saturated carbocycles. The zero-order chi connectivity index (χ0) is 16.8. The van der Waals surface area contributed by atoms with Crippen molar-refractivity contribution in [2.24, 2.45) is 5.92 Å². The second-order valence-electron chi connectivity index (χ2n) is 5.83. The molecule has 0 aliphatic carbocycles. The molecule has 6 heteroatoms. The van der Waals surface area contributed by atoms with Crippen molar-refractivity contribution < 1.29 is 4.79 Å². The molecule has 1 aromatic carbocycles. The first-order chi connectivity index (χ1) is 11.0. The fraction of sp³-hybridized carbons (Fsp3) is 0.353. The predicted octanol–water partition coefficient (Wildman–Crippen LogP) is 3.96. The quantitative estimate of drug-likeness (QED) is 0.840. The molecule has 122 valence electrons. The van der Waals surface area contributed by atoms with Gasteiger partial charge >= 0.3 is 0 Å². The third-order valence-electron chi connectivity index (χ3n) is 3.36. The molecule has 0 fully saturated rings. The largest absolute Gasteiger partial charge is 0.351 e. The maximum absolute atomic E-state index is 11.9. The van der Waals surface area contributed by atoms with Gasteiger partial charge in [-0.1, -0.05) is 25.4 Å². The summed E-state index contributed by atoms with van der Waals surface area (Å²) in [5.41, 5.74) is 2.22.